The lowest BCUT2D eigenvalue weighted by molar-refractivity contribution is 0.753. The lowest BCUT2D eigenvalue weighted by Crippen LogP contribution is -2.05. The Morgan fingerprint density at radius 1 is 1.27 bits per heavy atom. The smallest absolute Gasteiger partial charge is 0.132 e. The van der Waals surface area contributed by atoms with Gasteiger partial charge in [0.25, 0.3) is 0 Å². The first-order valence-corrected chi connectivity index (χ1v) is 5.97. The number of hydrogen-bond acceptors (Lipinski definition) is 3. The molecule has 1 aliphatic heterocycles. The van der Waals surface area contributed by atoms with Gasteiger partial charge in [-0.2, -0.15) is 0 Å². The van der Waals surface area contributed by atoms with Gasteiger partial charge >= 0.3 is 0 Å². The maximum Gasteiger partial charge on any atom is 0.132 e. The molecule has 1 N–H and O–H groups in total. The Labute approximate surface area is 90.3 Å². The SMILES string of the molecule is CCCc1nc(C2CC2)nc2c1CNC2. The molecule has 2 aliphatic rings. The van der Waals surface area contributed by atoms with Gasteiger partial charge in [0, 0.05) is 30.3 Å². The minimum Gasteiger partial charge on any atom is -0.307 e. The van der Waals surface area contributed by atoms with Crippen LogP contribution in [0.25, 0.3) is 0 Å². The molecule has 0 unspecified atom stereocenters. The van der Waals surface area contributed by atoms with E-state index in [-0.39, 0.29) is 0 Å². The van der Waals surface area contributed by atoms with Crippen molar-refractivity contribution in [3.05, 3.63) is 22.8 Å². The third-order valence-corrected chi connectivity index (χ3v) is 3.22. The highest BCUT2D eigenvalue weighted by atomic mass is 15.0. The van der Waals surface area contributed by atoms with Crippen LogP contribution in [0.1, 0.15) is 54.9 Å². The molecule has 1 saturated carbocycles. The van der Waals surface area contributed by atoms with Crippen molar-refractivity contribution in [1.29, 1.82) is 0 Å². The first-order valence-electron chi connectivity index (χ1n) is 5.97. The molecule has 0 spiro atoms. The molecule has 3 rings (SSSR count). The van der Waals surface area contributed by atoms with Crippen LogP contribution in [-0.2, 0) is 19.5 Å². The van der Waals surface area contributed by atoms with Crippen LogP contribution in [0.4, 0.5) is 0 Å². The maximum absolute atomic E-state index is 4.74. The molecule has 0 aromatic carbocycles. The van der Waals surface area contributed by atoms with Crippen LogP contribution >= 0.6 is 0 Å². The van der Waals surface area contributed by atoms with Crippen molar-refractivity contribution >= 4 is 0 Å². The molecule has 2 heterocycles. The van der Waals surface area contributed by atoms with E-state index in [0.717, 1.165) is 25.3 Å². The molecule has 1 aromatic rings. The number of nitrogens with one attached hydrogen (secondary N) is 1. The van der Waals surface area contributed by atoms with Crippen LogP contribution in [0.5, 0.6) is 0 Å². The highest BCUT2D eigenvalue weighted by molar-refractivity contribution is 5.30. The summed E-state index contributed by atoms with van der Waals surface area (Å²) in [5.41, 5.74) is 3.94. The monoisotopic (exact) mass is 203 g/mol. The molecular weight excluding hydrogens is 186 g/mol. The van der Waals surface area contributed by atoms with E-state index >= 15 is 0 Å². The van der Waals surface area contributed by atoms with E-state index in [0.29, 0.717) is 5.92 Å². The van der Waals surface area contributed by atoms with Gasteiger partial charge < -0.3 is 5.32 Å². The summed E-state index contributed by atoms with van der Waals surface area (Å²) in [5.74, 6) is 1.78. The lowest BCUT2D eigenvalue weighted by Gasteiger charge is -2.07. The van der Waals surface area contributed by atoms with Gasteiger partial charge in [-0.15, -0.1) is 0 Å². The second kappa shape index (κ2) is 3.56. The van der Waals surface area contributed by atoms with E-state index in [2.05, 4.69) is 17.2 Å². The number of nitrogens with zero attached hydrogens (tertiary/aromatic N) is 2. The van der Waals surface area contributed by atoms with Crippen molar-refractivity contribution in [3.63, 3.8) is 0 Å². The van der Waals surface area contributed by atoms with E-state index in [4.69, 9.17) is 4.98 Å². The lowest BCUT2D eigenvalue weighted by atomic mass is 10.1. The Kier molecular flexibility index (Phi) is 2.20. The highest BCUT2D eigenvalue weighted by Crippen LogP contribution is 2.38. The van der Waals surface area contributed by atoms with Gasteiger partial charge in [-0.1, -0.05) is 13.3 Å². The zero-order valence-corrected chi connectivity index (χ0v) is 9.21. The number of rotatable bonds is 3. The molecule has 80 valence electrons. The minimum absolute atomic E-state index is 0.673. The third kappa shape index (κ3) is 1.65. The first-order chi connectivity index (χ1) is 7.38. The standard InChI is InChI=1S/C12H17N3/c1-2-3-10-9-6-13-7-11(9)15-12(14-10)8-4-5-8/h8,13H,2-7H2,1H3. The van der Waals surface area contributed by atoms with E-state index in [1.807, 2.05) is 0 Å². The predicted octanol–water partition coefficient (Wildman–Crippen LogP) is 1.91. The summed E-state index contributed by atoms with van der Waals surface area (Å²) < 4.78 is 0. The number of aryl methyl sites for hydroxylation is 1. The van der Waals surface area contributed by atoms with Gasteiger partial charge in [-0.3, -0.25) is 0 Å². The molecule has 1 aromatic heterocycles. The Hall–Kier alpha value is -0.960. The van der Waals surface area contributed by atoms with E-state index in [1.165, 1.54) is 36.2 Å². The van der Waals surface area contributed by atoms with E-state index < -0.39 is 0 Å². The molecular formula is C12H17N3. The average Bonchev–Trinajstić information content (AvgIpc) is 2.98. The quantitative estimate of drug-likeness (QED) is 0.815. The minimum atomic E-state index is 0.673. The molecule has 1 aliphatic carbocycles. The molecule has 0 bridgehead atoms. The Morgan fingerprint density at radius 2 is 2.13 bits per heavy atom. The first kappa shape index (κ1) is 9.28. The van der Waals surface area contributed by atoms with Crippen LogP contribution in [-0.4, -0.2) is 9.97 Å². The van der Waals surface area contributed by atoms with Gasteiger partial charge in [-0.05, 0) is 19.3 Å². The van der Waals surface area contributed by atoms with Gasteiger partial charge in [0.05, 0.1) is 5.69 Å². The molecule has 0 amide bonds. The summed E-state index contributed by atoms with van der Waals surface area (Å²) in [6.45, 7) is 4.12. The van der Waals surface area contributed by atoms with Crippen LogP contribution < -0.4 is 5.32 Å². The highest BCUT2D eigenvalue weighted by Gasteiger charge is 2.29. The normalized spacial score (nSPS) is 19.3. The van der Waals surface area contributed by atoms with Gasteiger partial charge in [0.1, 0.15) is 5.82 Å². The zero-order chi connectivity index (χ0) is 10.3. The van der Waals surface area contributed by atoms with Gasteiger partial charge in [0.2, 0.25) is 0 Å². The fourth-order valence-electron chi connectivity index (χ4n) is 2.23. The summed E-state index contributed by atoms with van der Waals surface area (Å²) >= 11 is 0. The largest absolute Gasteiger partial charge is 0.307 e. The number of aromatic nitrogens is 2. The zero-order valence-electron chi connectivity index (χ0n) is 9.21. The van der Waals surface area contributed by atoms with Crippen LogP contribution in [0.2, 0.25) is 0 Å². The van der Waals surface area contributed by atoms with Crippen LogP contribution in [0.15, 0.2) is 0 Å². The molecule has 3 nitrogen and oxygen atoms in total. The topological polar surface area (TPSA) is 37.8 Å². The molecule has 15 heavy (non-hydrogen) atoms. The van der Waals surface area contributed by atoms with E-state index in [9.17, 15) is 0 Å². The average molecular weight is 203 g/mol. The summed E-state index contributed by atoms with van der Waals surface area (Å²) in [6, 6.07) is 0. The molecule has 0 saturated heterocycles. The summed E-state index contributed by atoms with van der Waals surface area (Å²) in [5, 5.41) is 3.37. The van der Waals surface area contributed by atoms with Gasteiger partial charge in [0.15, 0.2) is 0 Å². The number of fused-ring (bicyclic) bond motifs is 1. The summed E-state index contributed by atoms with van der Waals surface area (Å²) in [4.78, 5) is 9.43. The summed E-state index contributed by atoms with van der Waals surface area (Å²) in [6.07, 6.45) is 4.86. The van der Waals surface area contributed by atoms with Crippen molar-refractivity contribution in [2.24, 2.45) is 0 Å². The second-order valence-electron chi connectivity index (χ2n) is 4.58. The van der Waals surface area contributed by atoms with Crippen molar-refractivity contribution in [3.8, 4) is 0 Å². The Balaban J connectivity index is 2.02. The fourth-order valence-corrected chi connectivity index (χ4v) is 2.23. The third-order valence-electron chi connectivity index (χ3n) is 3.22. The molecule has 0 radical (unpaired) electrons. The second-order valence-corrected chi connectivity index (χ2v) is 4.58. The van der Waals surface area contributed by atoms with Gasteiger partial charge in [-0.25, -0.2) is 9.97 Å². The van der Waals surface area contributed by atoms with Crippen molar-refractivity contribution < 1.29 is 0 Å². The number of hydrogen-bond donors (Lipinski definition) is 1. The fraction of sp³-hybridized carbons (Fsp3) is 0.667. The predicted molar refractivity (Wildman–Crippen MR) is 58.5 cm³/mol. The summed E-state index contributed by atoms with van der Waals surface area (Å²) in [7, 11) is 0. The molecule has 0 atom stereocenters. The Bertz CT molecular complexity index is 383. The molecule has 1 fully saturated rings. The van der Waals surface area contributed by atoms with Crippen molar-refractivity contribution in [2.75, 3.05) is 0 Å². The maximum atomic E-state index is 4.74. The molecule has 3 heteroatoms. The Morgan fingerprint density at radius 3 is 2.87 bits per heavy atom. The van der Waals surface area contributed by atoms with Crippen molar-refractivity contribution in [1.82, 2.24) is 15.3 Å². The van der Waals surface area contributed by atoms with Crippen molar-refractivity contribution in [2.45, 2.75) is 51.6 Å². The van der Waals surface area contributed by atoms with Crippen LogP contribution in [0, 0.1) is 0 Å². The van der Waals surface area contributed by atoms with Crippen LogP contribution in [0.3, 0.4) is 0 Å². The van der Waals surface area contributed by atoms with E-state index in [1.54, 1.807) is 0 Å².